The Balaban J connectivity index is 4.61. The van der Waals surface area contributed by atoms with Gasteiger partial charge in [-0.3, -0.25) is 0 Å². The first-order chi connectivity index (χ1) is 17.2. The lowest BCUT2D eigenvalue weighted by molar-refractivity contribution is 0.502. The van der Waals surface area contributed by atoms with Gasteiger partial charge in [0.05, 0.1) is 4.83 Å². The van der Waals surface area contributed by atoms with Gasteiger partial charge in [-0.25, -0.2) is 0 Å². The Morgan fingerprint density at radius 3 is 0.415 bits per heavy atom. The molecule has 0 heterocycles. The molecule has 41 heavy (non-hydrogen) atoms. The molecule has 0 radical (unpaired) electrons. The molecule has 1 fully saturated rings. The monoisotopic (exact) mass is 2300 g/mol. The first-order valence-corrected chi connectivity index (χ1v) is 30.2. The van der Waals surface area contributed by atoms with Crippen LogP contribution in [0.2, 0.25) is 0 Å². The maximum atomic E-state index is 3.97. The van der Waals surface area contributed by atoms with Gasteiger partial charge >= 0.3 is 0 Å². The molecule has 0 saturated heterocycles. The van der Waals surface area contributed by atoms with E-state index in [1.807, 2.05) is 0 Å². The van der Waals surface area contributed by atoms with Crippen LogP contribution in [-0.2, 0) is 0 Å². The van der Waals surface area contributed by atoms with E-state index in [9.17, 15) is 0 Å². The first kappa shape index (κ1) is 52.0. The minimum absolute atomic E-state index is 0.541. The molecule has 246 valence electrons. The number of halogens is 27. The molecule has 0 aliphatic heterocycles. The highest BCUT2D eigenvalue weighted by Gasteiger charge is 2.84. The van der Waals surface area contributed by atoms with Crippen LogP contribution < -0.4 is 0 Å². The zero-order valence-electron chi connectivity index (χ0n) is 17.3. The summed E-state index contributed by atoms with van der Waals surface area (Å²) in [7, 11) is 0. The van der Waals surface area contributed by atoms with Gasteiger partial charge in [-0.15, -0.1) is 0 Å². The van der Waals surface area contributed by atoms with E-state index in [0.29, 0.717) is 0 Å². The van der Waals surface area contributed by atoms with Crippen molar-refractivity contribution in [1.82, 2.24) is 0 Å². The van der Waals surface area contributed by atoms with Gasteiger partial charge in [0, 0.05) is 0 Å². The van der Waals surface area contributed by atoms with Crippen LogP contribution in [0, 0.1) is 0 Å². The summed E-state index contributed by atoms with van der Waals surface area (Å²) in [5, 5.41) is 0. The fourth-order valence-electron chi connectivity index (χ4n) is 2.74. The van der Waals surface area contributed by atoms with Crippen LogP contribution in [0.5, 0.6) is 0 Å². The molecule has 0 unspecified atom stereocenters. The molecule has 0 spiro atoms. The molecule has 1 rings (SSSR count). The quantitative estimate of drug-likeness (QED) is 0.212. The summed E-state index contributed by atoms with van der Waals surface area (Å²) in [6.07, 6.45) is 0. The summed E-state index contributed by atoms with van der Waals surface area (Å²) in [5.41, 5.74) is 0. The van der Waals surface area contributed by atoms with E-state index in [4.69, 9.17) is 0 Å². The number of hydrogen-bond acceptors (Lipinski definition) is 0. The van der Waals surface area contributed by atoms with Crippen molar-refractivity contribution in [3.8, 4) is 0 Å². The van der Waals surface area contributed by atoms with Crippen molar-refractivity contribution in [2.24, 2.45) is 0 Å². The van der Waals surface area contributed by atoms with Gasteiger partial charge in [0.1, 0.15) is 42.0 Å². The molecule has 0 aromatic rings. The average molecular weight is 2330 g/mol. The standard InChI is InChI=1S/C14HBr27/c15-1-2(16,17)4(20,21)6(24,25)8(28,29)10(32,33)12(36,37)14(40,41)13(38,39)11(34,35)9(30,31)7(26,27)5(22,23)3(1,18)19/h1H. The van der Waals surface area contributed by atoms with Crippen LogP contribution in [-0.4, -0.2) is 46.9 Å². The Hall–Kier alpha value is 13.0. The Morgan fingerprint density at radius 1 is 0.195 bits per heavy atom. The molecule has 0 aromatic carbocycles. The SMILES string of the molecule is BrC1C(Br)(Br)C(Br)(Br)C(Br)(Br)C(Br)(Br)C(Br)(Br)C(Br)(Br)C(Br)(Br)C(Br)(Br)C(Br)(Br)C(Br)(Br)C(Br)(Br)C(Br)(Br)C1(Br)Br. The van der Waals surface area contributed by atoms with Crippen molar-refractivity contribution >= 4 is 430 Å². The zero-order chi connectivity index (χ0) is 34.1. The molecule has 1 saturated carbocycles. The van der Waals surface area contributed by atoms with E-state index >= 15 is 0 Å². The van der Waals surface area contributed by atoms with Gasteiger partial charge < -0.3 is 0 Å². The van der Waals surface area contributed by atoms with Gasteiger partial charge in [-0.1, -0.05) is 430 Å². The number of rotatable bonds is 0. The minimum Gasteiger partial charge on any atom is -0.0839 e. The third kappa shape index (κ3) is 7.78. The molecule has 0 aromatic heterocycles. The van der Waals surface area contributed by atoms with Crippen molar-refractivity contribution in [2.75, 3.05) is 0 Å². The van der Waals surface area contributed by atoms with Gasteiger partial charge in [-0.05, 0) is 0 Å². The highest BCUT2D eigenvalue weighted by atomic mass is 80.0. The Bertz CT molecular complexity index is 935. The second-order valence-electron chi connectivity index (χ2n) is 7.93. The van der Waals surface area contributed by atoms with Crippen molar-refractivity contribution < 1.29 is 0 Å². The molecule has 0 N–H and O–H groups in total. The van der Waals surface area contributed by atoms with E-state index in [0.717, 1.165) is 0 Å². The molecule has 1 aliphatic rings. The summed E-state index contributed by atoms with van der Waals surface area (Å²) < 4.78 is -14.9. The van der Waals surface area contributed by atoms with Crippen molar-refractivity contribution in [3.63, 3.8) is 0 Å². The molecular weight excluding hydrogens is 2330 g/mol. The van der Waals surface area contributed by atoms with E-state index in [-0.39, 0.29) is 0 Å². The van der Waals surface area contributed by atoms with Crippen LogP contribution in [0.3, 0.4) is 0 Å². The fraction of sp³-hybridized carbons (Fsp3) is 1.00. The summed E-state index contributed by atoms with van der Waals surface area (Å²) in [5.74, 6) is 0. The summed E-state index contributed by atoms with van der Waals surface area (Å²) >= 11 is 107. The largest absolute Gasteiger partial charge is 0.135 e. The highest BCUT2D eigenvalue weighted by Crippen LogP contribution is 2.83. The van der Waals surface area contributed by atoms with E-state index < -0.39 is 46.9 Å². The third-order valence-electron chi connectivity index (χ3n) is 5.42. The van der Waals surface area contributed by atoms with Crippen LogP contribution in [0.25, 0.3) is 0 Å². The summed E-state index contributed by atoms with van der Waals surface area (Å²) in [4.78, 5) is -0.541. The third-order valence-corrected chi connectivity index (χ3v) is 65.3. The Kier molecular flexibility index (Phi) is 20.5. The van der Waals surface area contributed by atoms with E-state index in [1.165, 1.54) is 0 Å². The molecule has 0 nitrogen and oxygen atoms in total. The van der Waals surface area contributed by atoms with Gasteiger partial charge in [0.2, 0.25) is 0 Å². The van der Waals surface area contributed by atoms with E-state index in [2.05, 4.69) is 430 Å². The van der Waals surface area contributed by atoms with Crippen LogP contribution >= 0.6 is 430 Å². The number of hydrogen-bond donors (Lipinski definition) is 0. The summed E-state index contributed by atoms with van der Waals surface area (Å²) in [6, 6.07) is 0. The molecule has 0 amide bonds. The normalized spacial score (nSPS) is 33.7. The Morgan fingerprint density at radius 2 is 0.293 bits per heavy atom. The fourth-order valence-corrected chi connectivity index (χ4v) is 33.0. The minimum atomic E-state index is -1.18. The topological polar surface area (TPSA) is 0 Å². The maximum Gasteiger partial charge on any atom is 0.135 e. The zero-order valence-corrected chi connectivity index (χ0v) is 60.1. The lowest BCUT2D eigenvalue weighted by Crippen LogP contribution is -2.75. The van der Waals surface area contributed by atoms with Crippen molar-refractivity contribution in [3.05, 3.63) is 0 Å². The lowest BCUT2D eigenvalue weighted by Gasteiger charge is -2.63. The smallest absolute Gasteiger partial charge is 0.0839 e. The first-order valence-electron chi connectivity index (χ1n) is 8.71. The lowest BCUT2D eigenvalue weighted by atomic mass is 9.98. The van der Waals surface area contributed by atoms with Gasteiger partial charge in [-0.2, -0.15) is 0 Å². The predicted octanol–water partition coefficient (Wildman–Crippen LogP) is 20.1. The van der Waals surface area contributed by atoms with Crippen molar-refractivity contribution in [2.45, 2.75) is 46.9 Å². The predicted molar refractivity (Wildman–Crippen MR) is 280 cm³/mol. The molecule has 27 heteroatoms. The Labute approximate surface area is 465 Å². The highest BCUT2D eigenvalue weighted by molar-refractivity contribution is 9.39. The van der Waals surface area contributed by atoms with Gasteiger partial charge in [0.15, 0.2) is 0 Å². The number of alkyl halides is 27. The maximum absolute atomic E-state index is 3.97. The van der Waals surface area contributed by atoms with Crippen LogP contribution in [0.15, 0.2) is 0 Å². The molecule has 1 aliphatic carbocycles. The summed E-state index contributed by atoms with van der Waals surface area (Å²) in [6.45, 7) is 0. The van der Waals surface area contributed by atoms with Crippen LogP contribution in [0.1, 0.15) is 0 Å². The molecule has 0 atom stereocenters. The molecular formula is C14HBr27. The average Bonchev–Trinajstić information content (AvgIpc) is 2.75. The van der Waals surface area contributed by atoms with Gasteiger partial charge in [0.25, 0.3) is 0 Å². The van der Waals surface area contributed by atoms with Crippen molar-refractivity contribution in [1.29, 1.82) is 0 Å². The van der Waals surface area contributed by atoms with E-state index in [1.54, 1.807) is 0 Å². The second kappa shape index (κ2) is 16.2. The second-order valence-corrected chi connectivity index (χ2v) is 53.8. The molecule has 0 bridgehead atoms. The van der Waals surface area contributed by atoms with Crippen LogP contribution in [0.4, 0.5) is 0 Å².